The van der Waals surface area contributed by atoms with Gasteiger partial charge in [-0.05, 0) is 25.7 Å². The average Bonchev–Trinajstić information content (AvgIpc) is 3.22. The predicted molar refractivity (Wildman–Crippen MR) is 74.4 cm³/mol. The Hall–Kier alpha value is -1.59. The third kappa shape index (κ3) is 2.76. The molecule has 0 radical (unpaired) electrons. The van der Waals surface area contributed by atoms with Crippen molar-refractivity contribution in [2.45, 2.75) is 62.9 Å². The monoisotopic (exact) mass is 294 g/mol. The van der Waals surface area contributed by atoms with Gasteiger partial charge in [0.2, 0.25) is 11.8 Å². The van der Waals surface area contributed by atoms with Gasteiger partial charge in [-0.2, -0.15) is 0 Å². The third-order valence-electron chi connectivity index (χ3n) is 5.00. The van der Waals surface area contributed by atoms with Crippen LogP contribution in [0.5, 0.6) is 0 Å². The summed E-state index contributed by atoms with van der Waals surface area (Å²) in [6, 6.07) is 0.318. The van der Waals surface area contributed by atoms with Gasteiger partial charge in [0.1, 0.15) is 5.54 Å². The molecule has 0 bridgehead atoms. The smallest absolute Gasteiger partial charge is 0.329 e. The normalized spacial score (nSPS) is 28.5. The largest absolute Gasteiger partial charge is 0.480 e. The van der Waals surface area contributed by atoms with E-state index in [2.05, 4.69) is 5.32 Å². The van der Waals surface area contributed by atoms with Crippen LogP contribution in [0.4, 0.5) is 0 Å². The van der Waals surface area contributed by atoms with Gasteiger partial charge in [0.25, 0.3) is 0 Å². The molecular formula is C15H22N2O4. The Labute approximate surface area is 123 Å². The fraction of sp³-hybridized carbons (Fsp3) is 0.800. The first-order chi connectivity index (χ1) is 10.0. The van der Waals surface area contributed by atoms with Crippen LogP contribution in [0.2, 0.25) is 0 Å². The zero-order chi connectivity index (χ0) is 15.0. The number of hydrogen-bond acceptors (Lipinski definition) is 3. The Bertz CT molecular complexity index is 466. The van der Waals surface area contributed by atoms with Crippen LogP contribution in [0.3, 0.4) is 0 Å². The van der Waals surface area contributed by atoms with Crippen molar-refractivity contribution in [1.29, 1.82) is 0 Å². The van der Waals surface area contributed by atoms with Gasteiger partial charge < -0.3 is 15.3 Å². The number of aliphatic carboxylic acids is 1. The van der Waals surface area contributed by atoms with Crippen LogP contribution >= 0.6 is 0 Å². The lowest BCUT2D eigenvalue weighted by atomic mass is 9.81. The number of carbonyl (C=O) groups excluding carboxylic acids is 2. The first-order valence-electron chi connectivity index (χ1n) is 7.87. The standard InChI is InChI=1S/C15H22N2O4/c18-12-8-10(9-17(12)11-4-5-11)13(19)16-15(14(20)21)6-2-1-3-7-15/h10-11H,1-9H2,(H,16,19)(H,20,21). The van der Waals surface area contributed by atoms with E-state index in [0.717, 1.165) is 32.1 Å². The fourth-order valence-corrected chi connectivity index (χ4v) is 3.53. The first-order valence-corrected chi connectivity index (χ1v) is 7.87. The molecule has 6 heteroatoms. The van der Waals surface area contributed by atoms with Gasteiger partial charge in [-0.15, -0.1) is 0 Å². The summed E-state index contributed by atoms with van der Waals surface area (Å²) in [6.45, 7) is 0.449. The number of carboxylic acids is 1. The summed E-state index contributed by atoms with van der Waals surface area (Å²) in [5, 5.41) is 12.2. The van der Waals surface area contributed by atoms with Gasteiger partial charge in [-0.3, -0.25) is 9.59 Å². The molecule has 0 aromatic carbocycles. The minimum absolute atomic E-state index is 0.0330. The molecule has 3 rings (SSSR count). The molecule has 116 valence electrons. The van der Waals surface area contributed by atoms with E-state index in [4.69, 9.17) is 0 Å². The number of hydrogen-bond donors (Lipinski definition) is 2. The fourth-order valence-electron chi connectivity index (χ4n) is 3.53. The Morgan fingerprint density at radius 2 is 1.86 bits per heavy atom. The number of nitrogens with one attached hydrogen (secondary N) is 1. The van der Waals surface area contributed by atoms with E-state index in [9.17, 15) is 19.5 Å². The molecule has 1 aliphatic heterocycles. The highest BCUT2D eigenvalue weighted by Crippen LogP contribution is 2.34. The van der Waals surface area contributed by atoms with Crippen LogP contribution in [-0.4, -0.2) is 45.9 Å². The van der Waals surface area contributed by atoms with Crippen molar-refractivity contribution in [2.24, 2.45) is 5.92 Å². The van der Waals surface area contributed by atoms with Crippen LogP contribution in [0.15, 0.2) is 0 Å². The Morgan fingerprint density at radius 3 is 2.43 bits per heavy atom. The van der Waals surface area contributed by atoms with Crippen molar-refractivity contribution in [3.05, 3.63) is 0 Å². The van der Waals surface area contributed by atoms with Gasteiger partial charge in [-0.1, -0.05) is 19.3 Å². The maximum absolute atomic E-state index is 12.4. The van der Waals surface area contributed by atoms with Crippen LogP contribution in [0.1, 0.15) is 51.4 Å². The van der Waals surface area contributed by atoms with Gasteiger partial charge in [0.15, 0.2) is 0 Å². The van der Waals surface area contributed by atoms with E-state index >= 15 is 0 Å². The molecule has 1 unspecified atom stereocenters. The minimum Gasteiger partial charge on any atom is -0.480 e. The second kappa shape index (κ2) is 5.31. The van der Waals surface area contributed by atoms with Gasteiger partial charge in [0.05, 0.1) is 5.92 Å². The molecule has 2 amide bonds. The summed E-state index contributed by atoms with van der Waals surface area (Å²) in [6.07, 6.45) is 5.91. The highest BCUT2D eigenvalue weighted by Gasteiger charge is 2.46. The quantitative estimate of drug-likeness (QED) is 0.806. The van der Waals surface area contributed by atoms with Crippen molar-refractivity contribution in [1.82, 2.24) is 10.2 Å². The summed E-state index contributed by atoms with van der Waals surface area (Å²) in [4.78, 5) is 37.7. The summed E-state index contributed by atoms with van der Waals surface area (Å²) in [5.74, 6) is -1.57. The lowest BCUT2D eigenvalue weighted by Crippen LogP contribution is -2.57. The molecule has 2 N–H and O–H groups in total. The van der Waals surface area contributed by atoms with Crippen molar-refractivity contribution in [3.8, 4) is 0 Å². The number of likely N-dealkylation sites (tertiary alicyclic amines) is 1. The topological polar surface area (TPSA) is 86.7 Å². The third-order valence-corrected chi connectivity index (χ3v) is 5.00. The predicted octanol–water partition coefficient (Wildman–Crippen LogP) is 0.901. The SMILES string of the molecule is O=C(NC1(C(=O)O)CCCCC1)C1CC(=O)N(C2CC2)C1. The first kappa shape index (κ1) is 14.4. The lowest BCUT2D eigenvalue weighted by molar-refractivity contribution is -0.150. The van der Waals surface area contributed by atoms with Crippen molar-refractivity contribution in [2.75, 3.05) is 6.54 Å². The molecule has 2 aliphatic carbocycles. The molecule has 0 aromatic rings. The zero-order valence-corrected chi connectivity index (χ0v) is 12.1. The van der Waals surface area contributed by atoms with E-state index < -0.39 is 17.4 Å². The average molecular weight is 294 g/mol. The molecule has 1 saturated heterocycles. The van der Waals surface area contributed by atoms with E-state index in [1.807, 2.05) is 0 Å². The summed E-state index contributed by atoms with van der Waals surface area (Å²) < 4.78 is 0. The number of amides is 2. The lowest BCUT2D eigenvalue weighted by Gasteiger charge is -2.34. The maximum Gasteiger partial charge on any atom is 0.329 e. The van der Waals surface area contributed by atoms with Crippen molar-refractivity contribution in [3.63, 3.8) is 0 Å². The molecule has 1 heterocycles. The Kier molecular flexibility index (Phi) is 3.63. The number of rotatable bonds is 4. The van der Waals surface area contributed by atoms with Gasteiger partial charge in [-0.25, -0.2) is 4.79 Å². The Morgan fingerprint density at radius 1 is 1.19 bits per heavy atom. The number of carboxylic acid groups (broad SMARTS) is 1. The second-order valence-electron chi connectivity index (χ2n) is 6.62. The van der Waals surface area contributed by atoms with Crippen LogP contribution < -0.4 is 5.32 Å². The zero-order valence-electron chi connectivity index (χ0n) is 12.1. The number of carbonyl (C=O) groups is 3. The van der Waals surface area contributed by atoms with E-state index in [-0.39, 0.29) is 18.2 Å². The molecule has 0 aromatic heterocycles. The maximum atomic E-state index is 12.4. The molecule has 3 fully saturated rings. The van der Waals surface area contributed by atoms with E-state index in [1.165, 1.54) is 0 Å². The molecule has 21 heavy (non-hydrogen) atoms. The molecular weight excluding hydrogens is 272 g/mol. The van der Waals surface area contributed by atoms with Crippen LogP contribution in [0.25, 0.3) is 0 Å². The van der Waals surface area contributed by atoms with Crippen molar-refractivity contribution < 1.29 is 19.5 Å². The molecule has 6 nitrogen and oxygen atoms in total. The summed E-state index contributed by atoms with van der Waals surface area (Å²) >= 11 is 0. The van der Waals surface area contributed by atoms with E-state index in [1.54, 1.807) is 4.90 Å². The minimum atomic E-state index is -1.12. The Balaban J connectivity index is 1.65. The van der Waals surface area contributed by atoms with Crippen LogP contribution in [-0.2, 0) is 14.4 Å². The molecule has 1 atom stereocenters. The van der Waals surface area contributed by atoms with E-state index in [0.29, 0.717) is 25.4 Å². The highest BCUT2D eigenvalue weighted by molar-refractivity contribution is 5.93. The van der Waals surface area contributed by atoms with Crippen LogP contribution in [0, 0.1) is 5.92 Å². The summed E-state index contributed by atoms with van der Waals surface area (Å²) in [7, 11) is 0. The highest BCUT2D eigenvalue weighted by atomic mass is 16.4. The number of nitrogens with zero attached hydrogens (tertiary/aromatic N) is 1. The van der Waals surface area contributed by atoms with Gasteiger partial charge >= 0.3 is 5.97 Å². The second-order valence-corrected chi connectivity index (χ2v) is 6.62. The molecule has 3 aliphatic rings. The molecule has 0 spiro atoms. The van der Waals surface area contributed by atoms with Gasteiger partial charge in [0, 0.05) is 19.0 Å². The summed E-state index contributed by atoms with van der Waals surface area (Å²) in [5.41, 5.74) is -1.12. The molecule has 2 saturated carbocycles. The van der Waals surface area contributed by atoms with Crippen molar-refractivity contribution >= 4 is 17.8 Å².